The summed E-state index contributed by atoms with van der Waals surface area (Å²) < 4.78 is 0. The van der Waals surface area contributed by atoms with Crippen LogP contribution in [-0.2, 0) is 4.79 Å². The first-order chi connectivity index (χ1) is 6.45. The molecule has 1 N–H and O–H groups in total. The summed E-state index contributed by atoms with van der Waals surface area (Å²) in [5.41, 5.74) is 0. The van der Waals surface area contributed by atoms with Crippen molar-refractivity contribution in [2.75, 3.05) is 0 Å². The predicted molar refractivity (Wildman–Crippen MR) is 64.3 cm³/mol. The van der Waals surface area contributed by atoms with E-state index in [0.29, 0.717) is 0 Å². The van der Waals surface area contributed by atoms with Gasteiger partial charge in [-0.3, -0.25) is 4.79 Å². The van der Waals surface area contributed by atoms with E-state index in [2.05, 4.69) is 16.8 Å². The number of unbranched alkanes of at least 4 members (excludes halogenated alkanes) is 1. The Bertz CT molecular complexity index is 137. The van der Waals surface area contributed by atoms with Gasteiger partial charge >= 0.3 is 43.4 Å². The molecule has 0 aromatic heterocycles. The van der Waals surface area contributed by atoms with Gasteiger partial charge in [-0.2, -0.15) is 0 Å². The van der Waals surface area contributed by atoms with E-state index in [1.807, 2.05) is 6.92 Å². The Morgan fingerprint density at radius 3 is 2.07 bits per heavy atom. The summed E-state index contributed by atoms with van der Waals surface area (Å²) in [4.78, 5) is 14.7. The van der Waals surface area contributed by atoms with Gasteiger partial charge in [0.2, 0.25) is 0 Å². The molecule has 4 heteroatoms. The SMILES string of the molecule is CCCCC(CC)C(=O)O.[CH3][Sn]([CH3])[Cl]. The molecule has 0 amide bonds. The minimum atomic E-state index is -1.07. The summed E-state index contributed by atoms with van der Waals surface area (Å²) in [5.74, 6) is -0.754. The second-order valence-corrected chi connectivity index (χ2v) is 13.5. The monoisotopic (exact) mass is 329 g/mol. The minimum absolute atomic E-state index is 0.111. The van der Waals surface area contributed by atoms with Crippen LogP contribution in [0.1, 0.15) is 39.5 Å². The number of carbonyl (C=O) groups is 1. The Morgan fingerprint density at radius 2 is 1.86 bits per heavy atom. The van der Waals surface area contributed by atoms with Crippen LogP contribution in [0.2, 0.25) is 9.88 Å². The zero-order chi connectivity index (χ0) is 11.6. The molecule has 0 aliphatic heterocycles. The first-order valence-corrected chi connectivity index (χ1v) is 14.5. The molecule has 1 unspecified atom stereocenters. The van der Waals surface area contributed by atoms with Gasteiger partial charge in [0.1, 0.15) is 0 Å². The Labute approximate surface area is 98.5 Å². The molecular formula is C10H22ClO2Sn. The molecule has 0 fully saturated rings. The van der Waals surface area contributed by atoms with Crippen molar-refractivity contribution in [3.05, 3.63) is 0 Å². The fraction of sp³-hybridized carbons (Fsp3) is 0.900. The van der Waals surface area contributed by atoms with Crippen molar-refractivity contribution in [3.8, 4) is 0 Å². The van der Waals surface area contributed by atoms with Crippen molar-refractivity contribution in [1.82, 2.24) is 0 Å². The number of carboxylic acid groups (broad SMARTS) is 1. The van der Waals surface area contributed by atoms with Crippen molar-refractivity contribution >= 4 is 33.5 Å². The van der Waals surface area contributed by atoms with Crippen LogP contribution in [0.4, 0.5) is 0 Å². The molecule has 14 heavy (non-hydrogen) atoms. The second-order valence-electron chi connectivity index (χ2n) is 3.46. The Morgan fingerprint density at radius 1 is 1.43 bits per heavy atom. The molecule has 0 rings (SSSR count). The molecule has 0 saturated heterocycles. The van der Waals surface area contributed by atoms with Crippen LogP contribution >= 0.6 is 8.92 Å². The van der Waals surface area contributed by atoms with Gasteiger partial charge in [0.15, 0.2) is 0 Å². The third-order valence-corrected chi connectivity index (χ3v) is 1.75. The Hall–Kier alpha value is 0.559. The van der Waals surface area contributed by atoms with Crippen LogP contribution in [0, 0.1) is 5.92 Å². The number of aliphatic carboxylic acids is 1. The molecule has 0 bridgehead atoms. The van der Waals surface area contributed by atoms with E-state index in [-0.39, 0.29) is 5.92 Å². The van der Waals surface area contributed by atoms with Crippen LogP contribution in [-0.4, -0.2) is 29.7 Å². The van der Waals surface area contributed by atoms with Gasteiger partial charge < -0.3 is 5.11 Å². The van der Waals surface area contributed by atoms with E-state index in [0.717, 1.165) is 25.7 Å². The standard InChI is InChI=1S/C8H16O2.2CH3.ClH.Sn/c1-3-5-6-7(4-2)8(9)10;;;;/h7H,3-6H2,1-2H3,(H,9,10);2*1H3;1H;/q;;;;+1/p-1. The van der Waals surface area contributed by atoms with Crippen LogP contribution in [0.15, 0.2) is 0 Å². The fourth-order valence-electron chi connectivity index (χ4n) is 0.953. The van der Waals surface area contributed by atoms with Gasteiger partial charge in [-0.25, -0.2) is 0 Å². The third-order valence-electron chi connectivity index (χ3n) is 1.75. The summed E-state index contributed by atoms with van der Waals surface area (Å²) in [6.07, 6.45) is 3.71. The van der Waals surface area contributed by atoms with Crippen LogP contribution in [0.25, 0.3) is 0 Å². The van der Waals surface area contributed by atoms with Crippen molar-refractivity contribution in [2.45, 2.75) is 49.4 Å². The first-order valence-electron chi connectivity index (χ1n) is 5.14. The quantitative estimate of drug-likeness (QED) is 0.780. The van der Waals surface area contributed by atoms with Crippen LogP contribution in [0.3, 0.4) is 0 Å². The Kier molecular flexibility index (Phi) is 14.1. The molecule has 0 aliphatic carbocycles. The average Bonchev–Trinajstić information content (AvgIpc) is 2.04. The fourth-order valence-corrected chi connectivity index (χ4v) is 0.953. The maximum absolute atomic E-state index is 10.4. The number of halogens is 1. The molecule has 1 radical (unpaired) electrons. The predicted octanol–water partition coefficient (Wildman–Crippen LogP) is 3.76. The van der Waals surface area contributed by atoms with Crippen molar-refractivity contribution in [2.24, 2.45) is 5.92 Å². The van der Waals surface area contributed by atoms with Gasteiger partial charge in [-0.05, 0) is 12.8 Å². The van der Waals surface area contributed by atoms with E-state index in [1.165, 1.54) is 0 Å². The summed E-state index contributed by atoms with van der Waals surface area (Å²) in [6.45, 7) is 4.00. The zero-order valence-electron chi connectivity index (χ0n) is 9.64. The molecule has 0 aliphatic rings. The van der Waals surface area contributed by atoms with E-state index in [4.69, 9.17) is 14.0 Å². The molecule has 0 heterocycles. The second kappa shape index (κ2) is 11.6. The first kappa shape index (κ1) is 17.0. The summed E-state index contributed by atoms with van der Waals surface area (Å²) in [7, 11) is 5.47. The van der Waals surface area contributed by atoms with E-state index < -0.39 is 24.6 Å². The number of carboxylic acids is 1. The van der Waals surface area contributed by atoms with Crippen molar-refractivity contribution in [1.29, 1.82) is 0 Å². The molecule has 2 nitrogen and oxygen atoms in total. The topological polar surface area (TPSA) is 37.3 Å². The van der Waals surface area contributed by atoms with Gasteiger partial charge in [-0.1, -0.05) is 26.7 Å². The van der Waals surface area contributed by atoms with Crippen LogP contribution in [0.5, 0.6) is 0 Å². The normalized spacial score (nSPS) is 11.9. The summed E-state index contributed by atoms with van der Waals surface area (Å²) >= 11 is -1.07. The van der Waals surface area contributed by atoms with Gasteiger partial charge in [0.05, 0.1) is 5.92 Å². The van der Waals surface area contributed by atoms with Crippen LogP contribution < -0.4 is 0 Å². The number of rotatable bonds is 5. The molecular weight excluding hydrogens is 306 g/mol. The van der Waals surface area contributed by atoms with Gasteiger partial charge in [0.25, 0.3) is 0 Å². The molecule has 85 valence electrons. The summed E-state index contributed by atoms with van der Waals surface area (Å²) in [6, 6.07) is 0. The molecule has 0 saturated carbocycles. The molecule has 0 spiro atoms. The summed E-state index contributed by atoms with van der Waals surface area (Å²) in [5, 5.41) is 8.60. The maximum atomic E-state index is 10.4. The van der Waals surface area contributed by atoms with E-state index in [9.17, 15) is 4.79 Å². The molecule has 0 aromatic carbocycles. The van der Waals surface area contributed by atoms with Gasteiger partial charge in [0, 0.05) is 0 Å². The third kappa shape index (κ3) is 15.1. The Balaban J connectivity index is 0. The van der Waals surface area contributed by atoms with E-state index in [1.54, 1.807) is 0 Å². The molecule has 1 atom stereocenters. The number of hydrogen-bond acceptors (Lipinski definition) is 1. The van der Waals surface area contributed by atoms with Gasteiger partial charge in [-0.15, -0.1) is 0 Å². The van der Waals surface area contributed by atoms with Crippen molar-refractivity contribution in [3.63, 3.8) is 0 Å². The van der Waals surface area contributed by atoms with Crippen molar-refractivity contribution < 1.29 is 9.90 Å². The van der Waals surface area contributed by atoms with E-state index >= 15 is 0 Å². The zero-order valence-corrected chi connectivity index (χ0v) is 13.2. The number of hydrogen-bond donors (Lipinski definition) is 1. The average molecular weight is 328 g/mol. The molecule has 0 aromatic rings.